The lowest BCUT2D eigenvalue weighted by Gasteiger charge is -2.14. The highest BCUT2D eigenvalue weighted by molar-refractivity contribution is 7.92. The average Bonchev–Trinajstić information content (AvgIpc) is 2.90. The maximum absolute atomic E-state index is 12.8. The lowest BCUT2D eigenvalue weighted by molar-refractivity contribution is -0.138. The Balaban J connectivity index is 2.11. The van der Waals surface area contributed by atoms with Crippen LogP contribution in [0.1, 0.15) is 17.5 Å². The van der Waals surface area contributed by atoms with Crippen LogP contribution in [-0.4, -0.2) is 32.5 Å². The number of hydrogen-bond acceptors (Lipinski definition) is 3. The van der Waals surface area contributed by atoms with Gasteiger partial charge in [0.2, 0.25) is 0 Å². The molecule has 1 atom stereocenters. The fourth-order valence-corrected chi connectivity index (χ4v) is 4.05. The van der Waals surface area contributed by atoms with Crippen molar-refractivity contribution in [2.24, 2.45) is 0 Å². The number of rotatable bonds is 4. The summed E-state index contributed by atoms with van der Waals surface area (Å²) in [5, 5.41) is 2.48. The first-order valence-corrected chi connectivity index (χ1v) is 8.09. The van der Waals surface area contributed by atoms with Crippen molar-refractivity contribution in [3.63, 3.8) is 0 Å². The summed E-state index contributed by atoms with van der Waals surface area (Å²) in [7, 11) is -3.35. The third-order valence-corrected chi connectivity index (χ3v) is 5.69. The molecular weight excluding hydrogens is 291 g/mol. The molecule has 1 unspecified atom stereocenters. The standard InChI is InChI=1S/C13H16F3NO2S/c14-13(15,16)12-4-2-1-3-10(12)6-8-20(18,19)11-5-7-17-9-11/h1-4,11,17H,5-9H2. The Morgan fingerprint density at radius 2 is 1.95 bits per heavy atom. The zero-order valence-electron chi connectivity index (χ0n) is 10.8. The van der Waals surface area contributed by atoms with Gasteiger partial charge in [-0.3, -0.25) is 0 Å². The lowest BCUT2D eigenvalue weighted by atomic mass is 10.1. The van der Waals surface area contributed by atoms with Crippen LogP contribution >= 0.6 is 0 Å². The number of sulfone groups is 1. The predicted octanol–water partition coefficient (Wildman–Crippen LogP) is 2.02. The molecule has 1 fully saturated rings. The van der Waals surface area contributed by atoms with Gasteiger partial charge in [-0.1, -0.05) is 18.2 Å². The smallest absolute Gasteiger partial charge is 0.315 e. The van der Waals surface area contributed by atoms with Crippen LogP contribution in [0, 0.1) is 0 Å². The first-order valence-electron chi connectivity index (χ1n) is 6.38. The second-order valence-corrected chi connectivity index (χ2v) is 7.29. The van der Waals surface area contributed by atoms with Crippen molar-refractivity contribution < 1.29 is 21.6 Å². The Bertz CT molecular complexity index is 563. The number of alkyl halides is 3. The molecule has 0 saturated carbocycles. The predicted molar refractivity (Wildman–Crippen MR) is 70.2 cm³/mol. The molecule has 1 aliphatic rings. The Morgan fingerprint density at radius 3 is 2.55 bits per heavy atom. The normalized spacial score (nSPS) is 20.2. The van der Waals surface area contributed by atoms with Crippen molar-refractivity contribution in [1.29, 1.82) is 0 Å². The van der Waals surface area contributed by atoms with Crippen LogP contribution in [0.25, 0.3) is 0 Å². The van der Waals surface area contributed by atoms with Gasteiger partial charge in [0.15, 0.2) is 9.84 Å². The molecule has 0 amide bonds. The maximum Gasteiger partial charge on any atom is 0.416 e. The van der Waals surface area contributed by atoms with Crippen molar-refractivity contribution >= 4 is 9.84 Å². The van der Waals surface area contributed by atoms with Crippen molar-refractivity contribution in [1.82, 2.24) is 5.32 Å². The van der Waals surface area contributed by atoms with E-state index in [9.17, 15) is 21.6 Å². The molecule has 112 valence electrons. The lowest BCUT2D eigenvalue weighted by Crippen LogP contribution is -2.27. The number of benzene rings is 1. The molecular formula is C13H16F3NO2S. The highest BCUT2D eigenvalue weighted by Crippen LogP contribution is 2.32. The summed E-state index contributed by atoms with van der Waals surface area (Å²) in [5.41, 5.74) is -0.714. The van der Waals surface area contributed by atoms with Crippen molar-refractivity contribution in [2.75, 3.05) is 18.8 Å². The van der Waals surface area contributed by atoms with E-state index in [2.05, 4.69) is 5.32 Å². The summed E-state index contributed by atoms with van der Waals surface area (Å²) in [6.07, 6.45) is -4.02. The van der Waals surface area contributed by atoms with Gasteiger partial charge in [-0.2, -0.15) is 13.2 Å². The van der Waals surface area contributed by atoms with E-state index in [0.717, 1.165) is 6.07 Å². The first kappa shape index (κ1) is 15.3. The number of nitrogens with one attached hydrogen (secondary N) is 1. The fraction of sp³-hybridized carbons (Fsp3) is 0.538. The quantitative estimate of drug-likeness (QED) is 0.926. The van der Waals surface area contributed by atoms with Gasteiger partial charge in [0.05, 0.1) is 16.6 Å². The van der Waals surface area contributed by atoms with E-state index < -0.39 is 26.8 Å². The molecule has 2 rings (SSSR count). The minimum absolute atomic E-state index is 0.0366. The fourth-order valence-electron chi connectivity index (χ4n) is 2.37. The van der Waals surface area contributed by atoms with Crippen LogP contribution in [0.3, 0.4) is 0 Å². The number of hydrogen-bond donors (Lipinski definition) is 1. The van der Waals surface area contributed by atoms with Crippen LogP contribution in [0.2, 0.25) is 0 Å². The van der Waals surface area contributed by atoms with E-state index in [1.165, 1.54) is 18.2 Å². The average molecular weight is 307 g/mol. The monoisotopic (exact) mass is 307 g/mol. The molecule has 3 nitrogen and oxygen atoms in total. The van der Waals surface area contributed by atoms with Crippen LogP contribution in [-0.2, 0) is 22.4 Å². The number of halogens is 3. The number of aryl methyl sites for hydroxylation is 1. The van der Waals surface area contributed by atoms with Crippen LogP contribution in [0.5, 0.6) is 0 Å². The van der Waals surface area contributed by atoms with E-state index in [1.54, 1.807) is 0 Å². The Kier molecular flexibility index (Phi) is 4.39. The molecule has 20 heavy (non-hydrogen) atoms. The third kappa shape index (κ3) is 3.52. The van der Waals surface area contributed by atoms with Gasteiger partial charge in [-0.15, -0.1) is 0 Å². The van der Waals surface area contributed by atoms with E-state index in [4.69, 9.17) is 0 Å². The van der Waals surface area contributed by atoms with E-state index >= 15 is 0 Å². The Labute approximate surface area is 116 Å². The summed E-state index contributed by atoms with van der Waals surface area (Å²) in [6, 6.07) is 5.13. The topological polar surface area (TPSA) is 46.2 Å². The Morgan fingerprint density at radius 1 is 1.25 bits per heavy atom. The van der Waals surface area contributed by atoms with Gasteiger partial charge in [-0.05, 0) is 31.0 Å². The van der Waals surface area contributed by atoms with Gasteiger partial charge in [0.25, 0.3) is 0 Å². The maximum atomic E-state index is 12.8. The Hall–Kier alpha value is -1.08. The molecule has 1 aromatic rings. The molecule has 7 heteroatoms. The molecule has 1 saturated heterocycles. The van der Waals surface area contributed by atoms with Gasteiger partial charge in [-0.25, -0.2) is 8.42 Å². The molecule has 0 aliphatic carbocycles. The second-order valence-electron chi connectivity index (χ2n) is 4.89. The van der Waals surface area contributed by atoms with E-state index in [1.807, 2.05) is 0 Å². The zero-order chi connectivity index (χ0) is 14.8. The molecule has 1 heterocycles. The minimum Gasteiger partial charge on any atom is -0.315 e. The second kappa shape index (κ2) is 5.73. The van der Waals surface area contributed by atoms with Crippen molar-refractivity contribution in [3.05, 3.63) is 35.4 Å². The largest absolute Gasteiger partial charge is 0.416 e. The third-order valence-electron chi connectivity index (χ3n) is 3.50. The summed E-state index contributed by atoms with van der Waals surface area (Å²) in [4.78, 5) is 0. The van der Waals surface area contributed by atoms with E-state index in [0.29, 0.717) is 19.5 Å². The van der Waals surface area contributed by atoms with Gasteiger partial charge in [0.1, 0.15) is 0 Å². The molecule has 1 aromatic carbocycles. The molecule has 0 bridgehead atoms. The van der Waals surface area contributed by atoms with Crippen LogP contribution < -0.4 is 5.32 Å². The van der Waals surface area contributed by atoms with Gasteiger partial charge in [0, 0.05) is 6.54 Å². The highest BCUT2D eigenvalue weighted by Gasteiger charge is 2.34. The molecule has 0 aromatic heterocycles. The van der Waals surface area contributed by atoms with Gasteiger partial charge < -0.3 is 5.32 Å². The molecule has 1 N–H and O–H groups in total. The summed E-state index contributed by atoms with van der Waals surface area (Å²) in [5.74, 6) is -0.244. The minimum atomic E-state index is -4.45. The van der Waals surface area contributed by atoms with Crippen molar-refractivity contribution in [2.45, 2.75) is 24.3 Å². The van der Waals surface area contributed by atoms with Crippen molar-refractivity contribution in [3.8, 4) is 0 Å². The first-order chi connectivity index (χ1) is 9.31. The summed E-state index contributed by atoms with van der Waals surface area (Å²) < 4.78 is 62.5. The highest BCUT2D eigenvalue weighted by atomic mass is 32.2. The molecule has 1 aliphatic heterocycles. The van der Waals surface area contributed by atoms with Crippen LogP contribution in [0.15, 0.2) is 24.3 Å². The summed E-state index contributed by atoms with van der Waals surface area (Å²) in [6.45, 7) is 1.03. The zero-order valence-corrected chi connectivity index (χ0v) is 11.6. The van der Waals surface area contributed by atoms with E-state index in [-0.39, 0.29) is 17.7 Å². The SMILES string of the molecule is O=S(=O)(CCc1ccccc1C(F)(F)F)C1CCNC1. The molecule has 0 spiro atoms. The molecule has 0 radical (unpaired) electrons. The summed E-state index contributed by atoms with van der Waals surface area (Å²) >= 11 is 0. The van der Waals surface area contributed by atoms with Crippen LogP contribution in [0.4, 0.5) is 13.2 Å². The van der Waals surface area contributed by atoms with Gasteiger partial charge >= 0.3 is 6.18 Å².